The Morgan fingerprint density at radius 2 is 2.12 bits per heavy atom. The van der Waals surface area contributed by atoms with Gasteiger partial charge in [0.1, 0.15) is 0 Å². The van der Waals surface area contributed by atoms with Crippen molar-refractivity contribution in [2.24, 2.45) is 11.7 Å². The highest BCUT2D eigenvalue weighted by Crippen LogP contribution is 2.33. The van der Waals surface area contributed by atoms with Crippen LogP contribution in [0.25, 0.3) is 0 Å². The van der Waals surface area contributed by atoms with E-state index in [1.807, 2.05) is 24.3 Å². The number of amides is 1. The molecule has 2 rings (SSSR count). The van der Waals surface area contributed by atoms with E-state index in [9.17, 15) is 4.79 Å². The third-order valence-corrected chi connectivity index (χ3v) is 3.48. The molecule has 0 spiro atoms. The first-order valence-corrected chi connectivity index (χ1v) is 6.30. The van der Waals surface area contributed by atoms with Crippen LogP contribution < -0.4 is 11.1 Å². The maximum Gasteiger partial charge on any atom is 0.224 e. The second kappa shape index (κ2) is 5.32. The molecule has 0 bridgehead atoms. The van der Waals surface area contributed by atoms with Gasteiger partial charge in [-0.15, -0.1) is 0 Å². The fourth-order valence-electron chi connectivity index (χ4n) is 2.24. The molecule has 1 aromatic carbocycles. The highest BCUT2D eigenvalue weighted by atomic mass is 16.1. The minimum atomic E-state index is 0.117. The second-order valence-corrected chi connectivity index (χ2v) is 4.73. The Hall–Kier alpha value is -1.35. The monoisotopic (exact) mass is 232 g/mol. The molecule has 2 atom stereocenters. The van der Waals surface area contributed by atoms with Gasteiger partial charge in [-0.25, -0.2) is 0 Å². The van der Waals surface area contributed by atoms with Crippen LogP contribution in [0.15, 0.2) is 24.3 Å². The van der Waals surface area contributed by atoms with Crippen LogP contribution in [-0.4, -0.2) is 11.9 Å². The van der Waals surface area contributed by atoms with Gasteiger partial charge in [0.25, 0.3) is 0 Å². The van der Waals surface area contributed by atoms with E-state index in [0.29, 0.717) is 24.9 Å². The number of nitrogens with one attached hydrogen (secondary N) is 1. The van der Waals surface area contributed by atoms with Crippen molar-refractivity contribution in [2.45, 2.75) is 38.8 Å². The molecule has 0 radical (unpaired) electrons. The number of benzene rings is 1. The summed E-state index contributed by atoms with van der Waals surface area (Å²) in [4.78, 5) is 11.8. The molecule has 17 heavy (non-hydrogen) atoms. The highest BCUT2D eigenvalue weighted by molar-refractivity contribution is 5.79. The van der Waals surface area contributed by atoms with E-state index in [1.54, 1.807) is 0 Å². The van der Waals surface area contributed by atoms with Crippen LogP contribution in [0.2, 0.25) is 0 Å². The van der Waals surface area contributed by atoms with E-state index < -0.39 is 0 Å². The van der Waals surface area contributed by atoms with Crippen molar-refractivity contribution in [1.82, 2.24) is 5.32 Å². The predicted molar refractivity (Wildman–Crippen MR) is 68.4 cm³/mol. The van der Waals surface area contributed by atoms with Gasteiger partial charge in [0.05, 0.1) is 6.42 Å². The summed E-state index contributed by atoms with van der Waals surface area (Å²) in [6.45, 7) is 2.66. The number of hydrogen-bond donors (Lipinski definition) is 2. The van der Waals surface area contributed by atoms with Crippen LogP contribution in [-0.2, 0) is 17.8 Å². The Bertz CT molecular complexity index is 403. The van der Waals surface area contributed by atoms with Gasteiger partial charge in [-0.2, -0.15) is 0 Å². The summed E-state index contributed by atoms with van der Waals surface area (Å²) in [6, 6.07) is 8.28. The van der Waals surface area contributed by atoms with Crippen molar-refractivity contribution in [1.29, 1.82) is 0 Å². The molecule has 1 aromatic rings. The largest absolute Gasteiger partial charge is 0.353 e. The van der Waals surface area contributed by atoms with Gasteiger partial charge in [-0.1, -0.05) is 37.6 Å². The number of carbonyl (C=O) groups excluding carboxylic acids is 1. The van der Waals surface area contributed by atoms with Gasteiger partial charge in [0.2, 0.25) is 5.91 Å². The lowest BCUT2D eigenvalue weighted by atomic mass is 10.0. The summed E-state index contributed by atoms with van der Waals surface area (Å²) in [7, 11) is 0. The summed E-state index contributed by atoms with van der Waals surface area (Å²) < 4.78 is 0. The molecule has 1 aliphatic carbocycles. The van der Waals surface area contributed by atoms with E-state index in [2.05, 4.69) is 12.2 Å². The zero-order chi connectivity index (χ0) is 12.3. The van der Waals surface area contributed by atoms with Crippen molar-refractivity contribution in [3.8, 4) is 0 Å². The van der Waals surface area contributed by atoms with Crippen molar-refractivity contribution in [2.75, 3.05) is 0 Å². The number of carbonyl (C=O) groups is 1. The van der Waals surface area contributed by atoms with E-state index in [1.165, 1.54) is 0 Å². The normalized spacial score (nSPS) is 22.2. The molecule has 2 unspecified atom stereocenters. The maximum atomic E-state index is 11.8. The summed E-state index contributed by atoms with van der Waals surface area (Å²) in [6.07, 6.45) is 2.74. The van der Waals surface area contributed by atoms with Crippen LogP contribution in [0.4, 0.5) is 0 Å². The van der Waals surface area contributed by atoms with Crippen LogP contribution >= 0.6 is 0 Å². The van der Waals surface area contributed by atoms with E-state index in [-0.39, 0.29) is 5.91 Å². The van der Waals surface area contributed by atoms with Crippen molar-refractivity contribution in [3.05, 3.63) is 35.4 Å². The fraction of sp³-hybridized carbons (Fsp3) is 0.500. The third kappa shape index (κ3) is 3.07. The van der Waals surface area contributed by atoms with E-state index in [0.717, 1.165) is 24.0 Å². The molecule has 1 saturated carbocycles. The third-order valence-electron chi connectivity index (χ3n) is 3.48. The van der Waals surface area contributed by atoms with Gasteiger partial charge in [-0.3, -0.25) is 4.79 Å². The molecule has 1 amide bonds. The lowest BCUT2D eigenvalue weighted by Crippen LogP contribution is -2.28. The van der Waals surface area contributed by atoms with Crippen LogP contribution in [0.5, 0.6) is 0 Å². The molecule has 0 heterocycles. The zero-order valence-corrected chi connectivity index (χ0v) is 10.3. The summed E-state index contributed by atoms with van der Waals surface area (Å²) >= 11 is 0. The molecule has 3 heteroatoms. The van der Waals surface area contributed by atoms with Gasteiger partial charge < -0.3 is 11.1 Å². The quantitative estimate of drug-likeness (QED) is 0.810. The number of nitrogens with two attached hydrogens (primary N) is 1. The summed E-state index contributed by atoms with van der Waals surface area (Å²) in [5.41, 5.74) is 7.76. The zero-order valence-electron chi connectivity index (χ0n) is 10.3. The lowest BCUT2D eigenvalue weighted by Gasteiger charge is -2.08. The lowest BCUT2D eigenvalue weighted by molar-refractivity contribution is -0.120. The van der Waals surface area contributed by atoms with Gasteiger partial charge in [0.15, 0.2) is 0 Å². The van der Waals surface area contributed by atoms with Gasteiger partial charge in [0, 0.05) is 12.6 Å². The van der Waals surface area contributed by atoms with Gasteiger partial charge >= 0.3 is 0 Å². The summed E-state index contributed by atoms with van der Waals surface area (Å²) in [5.74, 6) is 0.815. The Morgan fingerprint density at radius 3 is 2.71 bits per heavy atom. The SMILES string of the molecule is CCC1CC1NC(=O)Cc1ccccc1CN. The molecule has 92 valence electrons. The second-order valence-electron chi connectivity index (χ2n) is 4.73. The molecule has 1 aliphatic rings. The topological polar surface area (TPSA) is 55.1 Å². The molecule has 3 N–H and O–H groups in total. The first kappa shape index (κ1) is 12.1. The first-order valence-electron chi connectivity index (χ1n) is 6.30. The summed E-state index contributed by atoms with van der Waals surface area (Å²) in [5, 5.41) is 3.07. The van der Waals surface area contributed by atoms with Crippen LogP contribution in [0, 0.1) is 5.92 Å². The Morgan fingerprint density at radius 1 is 1.41 bits per heavy atom. The number of hydrogen-bond acceptors (Lipinski definition) is 2. The minimum Gasteiger partial charge on any atom is -0.353 e. The standard InChI is InChI=1S/C14H20N2O/c1-2-10-7-13(10)16-14(17)8-11-5-3-4-6-12(11)9-15/h3-6,10,13H,2,7-9,15H2,1H3,(H,16,17). The molecular formula is C14H20N2O. The van der Waals surface area contributed by atoms with Crippen molar-refractivity contribution < 1.29 is 4.79 Å². The smallest absolute Gasteiger partial charge is 0.224 e. The molecule has 0 aliphatic heterocycles. The van der Waals surface area contributed by atoms with Gasteiger partial charge in [-0.05, 0) is 23.5 Å². The van der Waals surface area contributed by atoms with Crippen molar-refractivity contribution >= 4 is 5.91 Å². The highest BCUT2D eigenvalue weighted by Gasteiger charge is 2.36. The maximum absolute atomic E-state index is 11.8. The molecular weight excluding hydrogens is 212 g/mol. The Balaban J connectivity index is 1.89. The average Bonchev–Trinajstić information content (AvgIpc) is 3.08. The molecule has 0 aromatic heterocycles. The van der Waals surface area contributed by atoms with E-state index in [4.69, 9.17) is 5.73 Å². The number of rotatable bonds is 5. The average molecular weight is 232 g/mol. The van der Waals surface area contributed by atoms with Crippen LogP contribution in [0.1, 0.15) is 30.9 Å². The fourth-order valence-corrected chi connectivity index (χ4v) is 2.24. The minimum absolute atomic E-state index is 0.117. The first-order chi connectivity index (χ1) is 8.24. The molecule has 0 saturated heterocycles. The molecule has 3 nitrogen and oxygen atoms in total. The molecule has 1 fully saturated rings. The predicted octanol–water partition coefficient (Wildman–Crippen LogP) is 1.60. The van der Waals surface area contributed by atoms with Crippen LogP contribution in [0.3, 0.4) is 0 Å². The van der Waals surface area contributed by atoms with Crippen molar-refractivity contribution in [3.63, 3.8) is 0 Å². The Kier molecular flexibility index (Phi) is 3.79. The Labute approximate surface area is 102 Å². The van der Waals surface area contributed by atoms with E-state index >= 15 is 0 Å².